The van der Waals surface area contributed by atoms with E-state index in [2.05, 4.69) is 0 Å². The van der Waals surface area contributed by atoms with Crippen LogP contribution in [0.3, 0.4) is 0 Å². The fourth-order valence-corrected chi connectivity index (χ4v) is 1.48. The van der Waals surface area contributed by atoms with Crippen LogP contribution in [0.15, 0.2) is 24.3 Å². The molecule has 0 atom stereocenters. The molecule has 1 N–H and O–H groups in total. The van der Waals surface area contributed by atoms with E-state index in [1.807, 2.05) is 0 Å². The van der Waals surface area contributed by atoms with E-state index in [4.69, 9.17) is 19.3 Å². The first-order valence-electron chi connectivity index (χ1n) is 6.27. The third-order valence-corrected chi connectivity index (χ3v) is 2.42. The fourth-order valence-electron chi connectivity index (χ4n) is 1.48. The Balaban J connectivity index is 2.12. The Morgan fingerprint density at radius 3 is 2.58 bits per heavy atom. The lowest BCUT2D eigenvalue weighted by Crippen LogP contribution is -2.05. The van der Waals surface area contributed by atoms with Crippen molar-refractivity contribution in [2.75, 3.05) is 33.5 Å². The summed E-state index contributed by atoms with van der Waals surface area (Å²) in [5.41, 5.74) is 0.230. The summed E-state index contributed by atoms with van der Waals surface area (Å²) in [6.07, 6.45) is 1.66. The SMILES string of the molecule is COCCCOCCCOc1cccc(C(=O)O)c1. The Morgan fingerprint density at radius 1 is 1.16 bits per heavy atom. The van der Waals surface area contributed by atoms with E-state index in [-0.39, 0.29) is 5.56 Å². The summed E-state index contributed by atoms with van der Waals surface area (Å²) in [7, 11) is 1.67. The van der Waals surface area contributed by atoms with Gasteiger partial charge in [0.2, 0.25) is 0 Å². The molecular weight excluding hydrogens is 248 g/mol. The van der Waals surface area contributed by atoms with Crippen molar-refractivity contribution in [3.05, 3.63) is 29.8 Å². The number of hydrogen-bond acceptors (Lipinski definition) is 4. The predicted octanol–water partition coefficient (Wildman–Crippen LogP) is 2.21. The predicted molar refractivity (Wildman–Crippen MR) is 70.8 cm³/mol. The van der Waals surface area contributed by atoms with Crippen LogP contribution in [-0.4, -0.2) is 44.6 Å². The molecule has 0 saturated carbocycles. The lowest BCUT2D eigenvalue weighted by molar-refractivity contribution is 0.0696. The summed E-state index contributed by atoms with van der Waals surface area (Å²) in [6.45, 7) is 2.52. The van der Waals surface area contributed by atoms with Gasteiger partial charge in [-0.05, 0) is 24.6 Å². The number of ether oxygens (including phenoxy) is 3. The van der Waals surface area contributed by atoms with Crippen LogP contribution in [0.5, 0.6) is 5.75 Å². The molecule has 0 aliphatic heterocycles. The first-order chi connectivity index (χ1) is 9.24. The van der Waals surface area contributed by atoms with Crippen molar-refractivity contribution < 1.29 is 24.1 Å². The minimum atomic E-state index is -0.952. The zero-order valence-electron chi connectivity index (χ0n) is 11.1. The number of aromatic carboxylic acids is 1. The highest BCUT2D eigenvalue weighted by Crippen LogP contribution is 2.13. The van der Waals surface area contributed by atoms with E-state index in [0.717, 1.165) is 12.8 Å². The van der Waals surface area contributed by atoms with Gasteiger partial charge in [-0.1, -0.05) is 6.07 Å². The Kier molecular flexibility index (Phi) is 7.62. The maximum absolute atomic E-state index is 10.8. The first kappa shape index (κ1) is 15.5. The second-order valence-electron chi connectivity index (χ2n) is 3.99. The van der Waals surface area contributed by atoms with Gasteiger partial charge in [0.15, 0.2) is 0 Å². The lowest BCUT2D eigenvalue weighted by Gasteiger charge is -2.07. The molecule has 0 aromatic heterocycles. The molecule has 0 aliphatic carbocycles. The standard InChI is InChI=1S/C14H20O5/c1-17-7-3-8-18-9-4-10-19-13-6-2-5-12(11-13)14(15)16/h2,5-6,11H,3-4,7-10H2,1H3,(H,15,16). The van der Waals surface area contributed by atoms with Crippen molar-refractivity contribution in [3.63, 3.8) is 0 Å². The molecule has 19 heavy (non-hydrogen) atoms. The zero-order valence-corrected chi connectivity index (χ0v) is 11.1. The van der Waals surface area contributed by atoms with Gasteiger partial charge in [-0.3, -0.25) is 0 Å². The largest absolute Gasteiger partial charge is 0.493 e. The molecule has 5 nitrogen and oxygen atoms in total. The minimum absolute atomic E-state index is 0.230. The molecule has 106 valence electrons. The maximum Gasteiger partial charge on any atom is 0.335 e. The van der Waals surface area contributed by atoms with Crippen LogP contribution in [0, 0.1) is 0 Å². The Morgan fingerprint density at radius 2 is 1.89 bits per heavy atom. The quantitative estimate of drug-likeness (QED) is 0.659. The molecule has 1 rings (SSSR count). The van der Waals surface area contributed by atoms with Gasteiger partial charge in [-0.15, -0.1) is 0 Å². The molecule has 1 aromatic rings. The summed E-state index contributed by atoms with van der Waals surface area (Å²) in [5, 5.41) is 8.84. The van der Waals surface area contributed by atoms with Crippen molar-refractivity contribution in [1.82, 2.24) is 0 Å². The molecule has 1 aromatic carbocycles. The normalized spacial score (nSPS) is 10.4. The number of benzene rings is 1. The van der Waals surface area contributed by atoms with E-state index in [9.17, 15) is 4.79 Å². The van der Waals surface area contributed by atoms with Crippen LogP contribution in [0.2, 0.25) is 0 Å². The molecule has 0 aliphatic rings. The van der Waals surface area contributed by atoms with E-state index in [1.54, 1.807) is 19.2 Å². The minimum Gasteiger partial charge on any atom is -0.493 e. The molecule has 0 amide bonds. The second-order valence-corrected chi connectivity index (χ2v) is 3.99. The average Bonchev–Trinajstić information content (AvgIpc) is 2.42. The third-order valence-electron chi connectivity index (χ3n) is 2.42. The van der Waals surface area contributed by atoms with Gasteiger partial charge in [-0.25, -0.2) is 4.79 Å². The van der Waals surface area contributed by atoms with E-state index < -0.39 is 5.97 Å². The summed E-state index contributed by atoms with van der Waals surface area (Å²) in [5.74, 6) is -0.383. The highest BCUT2D eigenvalue weighted by atomic mass is 16.5. The maximum atomic E-state index is 10.8. The average molecular weight is 268 g/mol. The topological polar surface area (TPSA) is 65.0 Å². The van der Waals surface area contributed by atoms with Gasteiger partial charge in [0.25, 0.3) is 0 Å². The van der Waals surface area contributed by atoms with E-state index in [1.165, 1.54) is 12.1 Å². The number of carbonyl (C=O) groups is 1. The van der Waals surface area contributed by atoms with Crippen LogP contribution in [0.25, 0.3) is 0 Å². The van der Waals surface area contributed by atoms with Crippen LogP contribution in [-0.2, 0) is 9.47 Å². The molecule has 0 bridgehead atoms. The van der Waals surface area contributed by atoms with Crippen molar-refractivity contribution in [2.24, 2.45) is 0 Å². The Hall–Kier alpha value is -1.59. The van der Waals surface area contributed by atoms with Gasteiger partial charge >= 0.3 is 5.97 Å². The number of carboxylic acids is 1. The second kappa shape index (κ2) is 9.35. The zero-order chi connectivity index (χ0) is 13.9. The Bertz CT molecular complexity index is 378. The summed E-state index contributed by atoms with van der Waals surface area (Å²) < 4.78 is 15.7. The van der Waals surface area contributed by atoms with Crippen LogP contribution >= 0.6 is 0 Å². The molecular formula is C14H20O5. The first-order valence-corrected chi connectivity index (χ1v) is 6.27. The molecule has 0 spiro atoms. The van der Waals surface area contributed by atoms with Gasteiger partial charge in [-0.2, -0.15) is 0 Å². The molecule has 0 unspecified atom stereocenters. The van der Waals surface area contributed by atoms with Crippen LogP contribution < -0.4 is 4.74 Å². The van der Waals surface area contributed by atoms with Crippen LogP contribution in [0.1, 0.15) is 23.2 Å². The number of rotatable bonds is 10. The molecule has 5 heteroatoms. The summed E-state index contributed by atoms with van der Waals surface area (Å²) in [6, 6.07) is 6.46. The monoisotopic (exact) mass is 268 g/mol. The summed E-state index contributed by atoms with van der Waals surface area (Å²) >= 11 is 0. The van der Waals surface area contributed by atoms with Crippen molar-refractivity contribution in [3.8, 4) is 5.75 Å². The number of hydrogen-bond donors (Lipinski definition) is 1. The Labute approximate surface area is 113 Å². The van der Waals surface area contributed by atoms with Gasteiger partial charge < -0.3 is 19.3 Å². The number of methoxy groups -OCH3 is 1. The highest BCUT2D eigenvalue weighted by Gasteiger charge is 2.03. The molecule has 0 heterocycles. The molecule has 0 saturated heterocycles. The number of carboxylic acid groups (broad SMARTS) is 1. The molecule has 0 radical (unpaired) electrons. The van der Waals surface area contributed by atoms with Crippen molar-refractivity contribution >= 4 is 5.97 Å². The highest BCUT2D eigenvalue weighted by molar-refractivity contribution is 5.87. The van der Waals surface area contributed by atoms with Gasteiger partial charge in [0.05, 0.1) is 12.2 Å². The summed E-state index contributed by atoms with van der Waals surface area (Å²) in [4.78, 5) is 10.8. The van der Waals surface area contributed by atoms with Gasteiger partial charge in [0, 0.05) is 33.4 Å². The molecule has 0 fully saturated rings. The lowest BCUT2D eigenvalue weighted by atomic mass is 10.2. The smallest absolute Gasteiger partial charge is 0.335 e. The third kappa shape index (κ3) is 6.79. The van der Waals surface area contributed by atoms with E-state index >= 15 is 0 Å². The van der Waals surface area contributed by atoms with Crippen LogP contribution in [0.4, 0.5) is 0 Å². The van der Waals surface area contributed by atoms with Gasteiger partial charge in [0.1, 0.15) is 5.75 Å². The van der Waals surface area contributed by atoms with E-state index in [0.29, 0.717) is 32.2 Å². The fraction of sp³-hybridized carbons (Fsp3) is 0.500. The van der Waals surface area contributed by atoms with Crippen molar-refractivity contribution in [1.29, 1.82) is 0 Å². The van der Waals surface area contributed by atoms with Crippen molar-refractivity contribution in [2.45, 2.75) is 12.8 Å².